The molecule has 2 nitrogen and oxygen atoms in total. The van der Waals surface area contributed by atoms with Crippen LogP contribution in [0.25, 0.3) is 0 Å². The Bertz CT molecular complexity index is 369. The van der Waals surface area contributed by atoms with Crippen molar-refractivity contribution in [2.75, 3.05) is 5.75 Å². The molecule has 1 aliphatic heterocycles. The number of aryl methyl sites for hydroxylation is 1. The Morgan fingerprint density at radius 1 is 1.39 bits per heavy atom. The van der Waals surface area contributed by atoms with Crippen LogP contribution in [0.4, 0.5) is 0 Å². The van der Waals surface area contributed by atoms with E-state index in [1.54, 1.807) is 0 Å². The van der Waals surface area contributed by atoms with E-state index in [0.29, 0.717) is 0 Å². The summed E-state index contributed by atoms with van der Waals surface area (Å²) in [5.74, 6) is 7.06. The standard InChI is InChI=1S/C15H24N2S/c1-3-5-12-6-8-13(9-7-12)14(17-16)15(2)10-4-11-18-15/h6-9,14,17H,3-5,10-11,16H2,1-2H3. The predicted molar refractivity (Wildman–Crippen MR) is 80.6 cm³/mol. The van der Waals surface area contributed by atoms with Crippen molar-refractivity contribution < 1.29 is 0 Å². The van der Waals surface area contributed by atoms with Gasteiger partial charge in [-0.2, -0.15) is 11.8 Å². The molecule has 3 heteroatoms. The molecule has 2 unspecified atom stereocenters. The minimum absolute atomic E-state index is 0.237. The largest absolute Gasteiger partial charge is 0.271 e. The van der Waals surface area contributed by atoms with Crippen molar-refractivity contribution in [1.82, 2.24) is 5.43 Å². The summed E-state index contributed by atoms with van der Waals surface area (Å²) in [5, 5.41) is 0. The number of nitrogens with one attached hydrogen (secondary N) is 1. The first-order valence-corrected chi connectivity index (χ1v) is 7.87. The maximum Gasteiger partial charge on any atom is 0.0604 e. The summed E-state index contributed by atoms with van der Waals surface area (Å²) >= 11 is 2.04. The monoisotopic (exact) mass is 264 g/mol. The molecule has 0 radical (unpaired) electrons. The summed E-state index contributed by atoms with van der Waals surface area (Å²) in [4.78, 5) is 0. The molecular formula is C15H24N2S. The summed E-state index contributed by atoms with van der Waals surface area (Å²) in [6, 6.07) is 9.21. The molecule has 1 heterocycles. The van der Waals surface area contributed by atoms with E-state index in [-0.39, 0.29) is 10.8 Å². The van der Waals surface area contributed by atoms with Crippen molar-refractivity contribution in [3.05, 3.63) is 35.4 Å². The van der Waals surface area contributed by atoms with E-state index in [1.165, 1.54) is 36.1 Å². The Kier molecular flexibility index (Phi) is 4.71. The molecule has 0 bridgehead atoms. The average Bonchev–Trinajstić information content (AvgIpc) is 2.80. The third-order valence-electron chi connectivity index (χ3n) is 3.88. The fourth-order valence-electron chi connectivity index (χ4n) is 2.82. The zero-order valence-corrected chi connectivity index (χ0v) is 12.2. The number of hydrogen-bond acceptors (Lipinski definition) is 3. The van der Waals surface area contributed by atoms with Crippen molar-refractivity contribution in [3.8, 4) is 0 Å². The van der Waals surface area contributed by atoms with Crippen LogP contribution in [0, 0.1) is 0 Å². The van der Waals surface area contributed by atoms with E-state index in [2.05, 4.69) is 43.5 Å². The fourth-order valence-corrected chi connectivity index (χ4v) is 4.23. The van der Waals surface area contributed by atoms with Crippen molar-refractivity contribution in [3.63, 3.8) is 0 Å². The van der Waals surface area contributed by atoms with Crippen LogP contribution in [0.2, 0.25) is 0 Å². The Hall–Kier alpha value is -0.510. The van der Waals surface area contributed by atoms with Crippen molar-refractivity contribution >= 4 is 11.8 Å². The highest BCUT2D eigenvalue weighted by molar-refractivity contribution is 8.00. The number of hydrogen-bond donors (Lipinski definition) is 2. The molecule has 1 aromatic carbocycles. The summed E-state index contributed by atoms with van der Waals surface area (Å²) in [5.41, 5.74) is 5.76. The first-order chi connectivity index (χ1) is 8.69. The van der Waals surface area contributed by atoms with E-state index >= 15 is 0 Å². The molecule has 0 saturated carbocycles. The SMILES string of the molecule is CCCc1ccc(C(NN)C2(C)CCCS2)cc1. The van der Waals surface area contributed by atoms with Gasteiger partial charge in [-0.1, -0.05) is 37.6 Å². The lowest BCUT2D eigenvalue weighted by Gasteiger charge is -2.33. The number of rotatable bonds is 5. The topological polar surface area (TPSA) is 38.0 Å². The second-order valence-corrected chi connectivity index (χ2v) is 6.99. The van der Waals surface area contributed by atoms with Gasteiger partial charge >= 0.3 is 0 Å². The van der Waals surface area contributed by atoms with Gasteiger partial charge in [-0.25, -0.2) is 0 Å². The van der Waals surface area contributed by atoms with Crippen molar-refractivity contribution in [1.29, 1.82) is 0 Å². The third-order valence-corrected chi connectivity index (χ3v) is 5.47. The van der Waals surface area contributed by atoms with Crippen LogP contribution in [0.5, 0.6) is 0 Å². The molecule has 1 fully saturated rings. The van der Waals surface area contributed by atoms with Gasteiger partial charge in [-0.15, -0.1) is 0 Å². The Morgan fingerprint density at radius 2 is 2.11 bits per heavy atom. The van der Waals surface area contributed by atoms with Gasteiger partial charge < -0.3 is 0 Å². The molecular weight excluding hydrogens is 240 g/mol. The quantitative estimate of drug-likeness (QED) is 0.632. The number of thioether (sulfide) groups is 1. The van der Waals surface area contributed by atoms with E-state index < -0.39 is 0 Å². The molecule has 1 aromatic rings. The van der Waals surface area contributed by atoms with Crippen molar-refractivity contribution in [2.45, 2.75) is 50.3 Å². The van der Waals surface area contributed by atoms with Gasteiger partial charge in [0.05, 0.1) is 6.04 Å². The van der Waals surface area contributed by atoms with Crippen LogP contribution in [0.15, 0.2) is 24.3 Å². The maximum absolute atomic E-state index is 5.80. The smallest absolute Gasteiger partial charge is 0.0604 e. The maximum atomic E-state index is 5.80. The molecule has 1 saturated heterocycles. The van der Waals surface area contributed by atoms with Crippen LogP contribution in [-0.4, -0.2) is 10.5 Å². The van der Waals surface area contributed by atoms with Gasteiger partial charge in [0.15, 0.2) is 0 Å². The Labute approximate surface area is 115 Å². The zero-order valence-electron chi connectivity index (χ0n) is 11.4. The van der Waals surface area contributed by atoms with E-state index in [1.807, 2.05) is 11.8 Å². The van der Waals surface area contributed by atoms with Crippen LogP contribution >= 0.6 is 11.8 Å². The highest BCUT2D eigenvalue weighted by Crippen LogP contribution is 2.46. The number of benzene rings is 1. The van der Waals surface area contributed by atoms with Gasteiger partial charge in [0.2, 0.25) is 0 Å². The third kappa shape index (κ3) is 2.90. The zero-order chi connectivity index (χ0) is 13.0. The van der Waals surface area contributed by atoms with Gasteiger partial charge in [0, 0.05) is 4.75 Å². The fraction of sp³-hybridized carbons (Fsp3) is 0.600. The molecule has 100 valence electrons. The van der Waals surface area contributed by atoms with Crippen LogP contribution in [0.1, 0.15) is 50.3 Å². The number of nitrogens with two attached hydrogens (primary N) is 1. The highest BCUT2D eigenvalue weighted by Gasteiger charge is 2.38. The number of hydrazine groups is 1. The molecule has 2 rings (SSSR count). The molecule has 0 amide bonds. The minimum Gasteiger partial charge on any atom is -0.271 e. The van der Waals surface area contributed by atoms with E-state index in [0.717, 1.165) is 6.42 Å². The first kappa shape index (κ1) is 13.9. The highest BCUT2D eigenvalue weighted by atomic mass is 32.2. The average molecular weight is 264 g/mol. The first-order valence-electron chi connectivity index (χ1n) is 6.88. The molecule has 18 heavy (non-hydrogen) atoms. The predicted octanol–water partition coefficient (Wildman–Crippen LogP) is 3.43. The van der Waals surface area contributed by atoms with Gasteiger partial charge in [-0.3, -0.25) is 11.3 Å². The van der Waals surface area contributed by atoms with Gasteiger partial charge in [0.25, 0.3) is 0 Å². The summed E-state index contributed by atoms with van der Waals surface area (Å²) in [6.07, 6.45) is 4.90. The lowest BCUT2D eigenvalue weighted by atomic mass is 9.90. The normalized spacial score (nSPS) is 25.3. The Balaban J connectivity index is 2.16. The van der Waals surface area contributed by atoms with Crippen LogP contribution in [-0.2, 0) is 6.42 Å². The van der Waals surface area contributed by atoms with Crippen LogP contribution in [0.3, 0.4) is 0 Å². The van der Waals surface area contributed by atoms with Crippen LogP contribution < -0.4 is 11.3 Å². The second kappa shape index (κ2) is 6.09. The minimum atomic E-state index is 0.237. The lowest BCUT2D eigenvalue weighted by Crippen LogP contribution is -2.41. The summed E-state index contributed by atoms with van der Waals surface area (Å²) in [7, 11) is 0. The molecule has 3 N–H and O–H groups in total. The Morgan fingerprint density at radius 3 is 2.61 bits per heavy atom. The molecule has 2 atom stereocenters. The molecule has 0 aliphatic carbocycles. The summed E-state index contributed by atoms with van der Waals surface area (Å²) in [6.45, 7) is 4.55. The summed E-state index contributed by atoms with van der Waals surface area (Å²) < 4.78 is 0.237. The molecule has 1 aliphatic rings. The van der Waals surface area contributed by atoms with Gasteiger partial charge in [-0.05, 0) is 43.1 Å². The molecule has 0 spiro atoms. The van der Waals surface area contributed by atoms with Crippen molar-refractivity contribution in [2.24, 2.45) is 5.84 Å². The van der Waals surface area contributed by atoms with E-state index in [4.69, 9.17) is 5.84 Å². The van der Waals surface area contributed by atoms with Gasteiger partial charge in [0.1, 0.15) is 0 Å². The van der Waals surface area contributed by atoms with E-state index in [9.17, 15) is 0 Å². The second-order valence-electron chi connectivity index (χ2n) is 5.36. The lowest BCUT2D eigenvalue weighted by molar-refractivity contribution is 0.421. The molecule has 0 aromatic heterocycles.